The van der Waals surface area contributed by atoms with E-state index in [0.717, 1.165) is 5.69 Å². The van der Waals surface area contributed by atoms with Gasteiger partial charge in [0, 0.05) is 38.1 Å². The summed E-state index contributed by atoms with van der Waals surface area (Å²) in [5.41, 5.74) is 1.04. The van der Waals surface area contributed by atoms with E-state index >= 15 is 0 Å². The second-order valence-corrected chi connectivity index (χ2v) is 5.62. The number of carbonyl (C=O) groups is 2. The number of hydrogen-bond donors (Lipinski definition) is 0. The third-order valence-electron chi connectivity index (χ3n) is 4.02. The maximum absolute atomic E-state index is 13.0. The van der Waals surface area contributed by atoms with Crippen LogP contribution in [0, 0.1) is 5.82 Å². The zero-order chi connectivity index (χ0) is 17.8. The van der Waals surface area contributed by atoms with Gasteiger partial charge in [-0.05, 0) is 31.2 Å². The molecule has 7 nitrogen and oxygen atoms in total. The SMILES string of the molecule is CCOC(=O)N1CCN(C(=O)c2cn(-c3ccc(F)cc3)cn2)CC1. The van der Waals surface area contributed by atoms with Gasteiger partial charge < -0.3 is 19.1 Å². The predicted octanol–water partition coefficient (Wildman–Crippen LogP) is 1.93. The standard InChI is InChI=1S/C17H19FN4O3/c1-2-25-17(24)21-9-7-20(8-10-21)16(23)15-11-22(12-19-15)14-5-3-13(18)4-6-14/h3-6,11-12H,2,7-10H2,1H3. The van der Waals surface area contributed by atoms with E-state index in [9.17, 15) is 14.0 Å². The first-order valence-electron chi connectivity index (χ1n) is 8.09. The number of carbonyl (C=O) groups excluding carboxylic acids is 2. The Hall–Kier alpha value is -2.90. The minimum atomic E-state index is -0.352. The summed E-state index contributed by atoms with van der Waals surface area (Å²) in [6.07, 6.45) is 2.79. The van der Waals surface area contributed by atoms with Gasteiger partial charge in [0.2, 0.25) is 0 Å². The maximum Gasteiger partial charge on any atom is 0.409 e. The number of hydrogen-bond acceptors (Lipinski definition) is 4. The van der Waals surface area contributed by atoms with Gasteiger partial charge in [-0.15, -0.1) is 0 Å². The molecule has 0 bridgehead atoms. The fourth-order valence-electron chi connectivity index (χ4n) is 2.66. The molecule has 0 atom stereocenters. The molecule has 8 heteroatoms. The Morgan fingerprint density at radius 2 is 1.76 bits per heavy atom. The van der Waals surface area contributed by atoms with Crippen LogP contribution in [0.3, 0.4) is 0 Å². The third kappa shape index (κ3) is 3.78. The fraction of sp³-hybridized carbons (Fsp3) is 0.353. The summed E-state index contributed by atoms with van der Waals surface area (Å²) in [6.45, 7) is 3.82. The molecule has 2 amide bonds. The number of imidazole rings is 1. The summed E-state index contributed by atoms with van der Waals surface area (Å²) < 4.78 is 19.6. The molecule has 132 valence electrons. The van der Waals surface area contributed by atoms with E-state index in [2.05, 4.69) is 4.98 Å². The van der Waals surface area contributed by atoms with Crippen molar-refractivity contribution in [3.05, 3.63) is 48.3 Å². The fourth-order valence-corrected chi connectivity index (χ4v) is 2.66. The first kappa shape index (κ1) is 16.9. The molecule has 0 unspecified atom stereocenters. The lowest BCUT2D eigenvalue weighted by atomic mass is 10.3. The lowest BCUT2D eigenvalue weighted by molar-refractivity contribution is 0.0566. The molecule has 1 aromatic heterocycles. The minimum Gasteiger partial charge on any atom is -0.450 e. The third-order valence-corrected chi connectivity index (χ3v) is 4.02. The van der Waals surface area contributed by atoms with Crippen LogP contribution in [0.4, 0.5) is 9.18 Å². The van der Waals surface area contributed by atoms with Crippen molar-refractivity contribution < 1.29 is 18.7 Å². The van der Waals surface area contributed by atoms with Crippen molar-refractivity contribution in [3.8, 4) is 5.69 Å². The molecule has 0 aliphatic carbocycles. The Balaban J connectivity index is 1.63. The smallest absolute Gasteiger partial charge is 0.409 e. The van der Waals surface area contributed by atoms with E-state index in [-0.39, 0.29) is 17.8 Å². The molecular formula is C17H19FN4O3. The summed E-state index contributed by atoms with van der Waals surface area (Å²) >= 11 is 0. The van der Waals surface area contributed by atoms with Crippen LogP contribution in [-0.2, 0) is 4.74 Å². The molecule has 1 fully saturated rings. The molecule has 1 aliphatic heterocycles. The van der Waals surface area contributed by atoms with E-state index in [1.807, 2.05) is 0 Å². The molecule has 0 radical (unpaired) electrons. The summed E-state index contributed by atoms with van der Waals surface area (Å²) in [4.78, 5) is 31.6. The number of benzene rings is 1. The molecule has 25 heavy (non-hydrogen) atoms. The second kappa shape index (κ2) is 7.33. The lowest BCUT2D eigenvalue weighted by Crippen LogP contribution is -2.50. The van der Waals surface area contributed by atoms with Gasteiger partial charge in [0.1, 0.15) is 17.8 Å². The average Bonchev–Trinajstić information content (AvgIpc) is 3.12. The van der Waals surface area contributed by atoms with Gasteiger partial charge in [-0.2, -0.15) is 0 Å². The van der Waals surface area contributed by atoms with Crippen LogP contribution < -0.4 is 0 Å². The summed E-state index contributed by atoms with van der Waals surface area (Å²) in [5.74, 6) is -0.510. The van der Waals surface area contributed by atoms with E-state index in [1.165, 1.54) is 18.5 Å². The van der Waals surface area contributed by atoms with Gasteiger partial charge >= 0.3 is 6.09 Å². The first-order valence-corrected chi connectivity index (χ1v) is 8.09. The van der Waals surface area contributed by atoms with Crippen LogP contribution in [0.5, 0.6) is 0 Å². The Morgan fingerprint density at radius 3 is 2.40 bits per heavy atom. The summed E-state index contributed by atoms with van der Waals surface area (Å²) in [5, 5.41) is 0. The molecule has 0 spiro atoms. The van der Waals surface area contributed by atoms with Crippen LogP contribution in [-0.4, -0.2) is 64.1 Å². The monoisotopic (exact) mass is 346 g/mol. The maximum atomic E-state index is 13.0. The molecule has 1 saturated heterocycles. The normalized spacial score (nSPS) is 14.5. The number of piperazine rings is 1. The number of amides is 2. The molecular weight excluding hydrogens is 327 g/mol. The van der Waals surface area contributed by atoms with Crippen molar-refractivity contribution in [2.75, 3.05) is 32.8 Å². The zero-order valence-electron chi connectivity index (χ0n) is 13.9. The number of halogens is 1. The second-order valence-electron chi connectivity index (χ2n) is 5.62. The Kier molecular flexibility index (Phi) is 4.97. The van der Waals surface area contributed by atoms with Gasteiger partial charge in [-0.3, -0.25) is 4.79 Å². The topological polar surface area (TPSA) is 67.7 Å². The molecule has 1 aromatic carbocycles. The van der Waals surface area contributed by atoms with E-state index in [0.29, 0.717) is 38.5 Å². The molecule has 0 N–H and O–H groups in total. The van der Waals surface area contributed by atoms with Crippen molar-refractivity contribution in [1.82, 2.24) is 19.4 Å². The van der Waals surface area contributed by atoms with Crippen molar-refractivity contribution >= 4 is 12.0 Å². The van der Waals surface area contributed by atoms with Crippen LogP contribution in [0.15, 0.2) is 36.8 Å². The lowest BCUT2D eigenvalue weighted by Gasteiger charge is -2.33. The quantitative estimate of drug-likeness (QED) is 0.852. The van der Waals surface area contributed by atoms with Gasteiger partial charge in [-0.25, -0.2) is 14.2 Å². The van der Waals surface area contributed by atoms with Crippen LogP contribution in [0.25, 0.3) is 5.69 Å². The average molecular weight is 346 g/mol. The number of rotatable bonds is 3. The highest BCUT2D eigenvalue weighted by molar-refractivity contribution is 5.92. The molecule has 3 rings (SSSR count). The molecule has 1 aliphatic rings. The number of nitrogens with zero attached hydrogens (tertiary/aromatic N) is 4. The Labute approximate surface area is 144 Å². The van der Waals surface area contributed by atoms with E-state index in [4.69, 9.17) is 4.74 Å². The van der Waals surface area contributed by atoms with Crippen LogP contribution >= 0.6 is 0 Å². The van der Waals surface area contributed by atoms with Gasteiger partial charge in [0.25, 0.3) is 5.91 Å². The van der Waals surface area contributed by atoms with Crippen molar-refractivity contribution in [2.45, 2.75) is 6.92 Å². The van der Waals surface area contributed by atoms with Crippen molar-refractivity contribution in [1.29, 1.82) is 0 Å². The Bertz CT molecular complexity index is 752. The van der Waals surface area contributed by atoms with Gasteiger partial charge in [0.15, 0.2) is 0 Å². The molecule has 0 saturated carbocycles. The highest BCUT2D eigenvalue weighted by Crippen LogP contribution is 2.12. The number of ether oxygens (including phenoxy) is 1. The first-order chi connectivity index (χ1) is 12.1. The summed E-state index contributed by atoms with van der Waals surface area (Å²) in [7, 11) is 0. The highest BCUT2D eigenvalue weighted by Gasteiger charge is 2.26. The predicted molar refractivity (Wildman–Crippen MR) is 88.0 cm³/mol. The molecule has 2 aromatic rings. The zero-order valence-corrected chi connectivity index (χ0v) is 13.9. The van der Waals surface area contributed by atoms with Crippen molar-refractivity contribution in [3.63, 3.8) is 0 Å². The summed E-state index contributed by atoms with van der Waals surface area (Å²) in [6, 6.07) is 5.93. The number of aromatic nitrogens is 2. The van der Waals surface area contributed by atoms with E-state index < -0.39 is 0 Å². The minimum absolute atomic E-state index is 0.190. The Morgan fingerprint density at radius 1 is 1.12 bits per heavy atom. The van der Waals surface area contributed by atoms with Gasteiger partial charge in [0.05, 0.1) is 6.61 Å². The largest absolute Gasteiger partial charge is 0.450 e. The van der Waals surface area contributed by atoms with Crippen LogP contribution in [0.2, 0.25) is 0 Å². The highest BCUT2D eigenvalue weighted by atomic mass is 19.1. The van der Waals surface area contributed by atoms with Crippen LogP contribution in [0.1, 0.15) is 17.4 Å². The van der Waals surface area contributed by atoms with Gasteiger partial charge in [-0.1, -0.05) is 0 Å². The molecule has 2 heterocycles. The van der Waals surface area contributed by atoms with Crippen molar-refractivity contribution in [2.24, 2.45) is 0 Å². The van der Waals surface area contributed by atoms with E-state index in [1.54, 1.807) is 39.6 Å².